The quantitative estimate of drug-likeness (QED) is 0.759. The molecule has 88 valence electrons. The Labute approximate surface area is 95.1 Å². The van der Waals surface area contributed by atoms with Crippen molar-refractivity contribution in [3.8, 4) is 0 Å². The predicted octanol–water partition coefficient (Wildman–Crippen LogP) is 1.13. The van der Waals surface area contributed by atoms with Crippen LogP contribution in [-0.2, 0) is 4.79 Å². The fourth-order valence-electron chi connectivity index (χ4n) is 1.74. The van der Waals surface area contributed by atoms with Gasteiger partial charge in [-0.1, -0.05) is 37.3 Å². The first-order valence-corrected chi connectivity index (χ1v) is 5.33. The molecule has 2 N–H and O–H groups in total. The minimum absolute atomic E-state index is 0.0372. The molecule has 1 rings (SSSR count). The monoisotopic (exact) mass is 223 g/mol. The lowest BCUT2D eigenvalue weighted by Crippen LogP contribution is -2.36. The number of hydrogen-bond acceptors (Lipinski definition) is 3. The van der Waals surface area contributed by atoms with Gasteiger partial charge in [0.15, 0.2) is 0 Å². The molecule has 0 bridgehead atoms. The Morgan fingerprint density at radius 2 is 2.00 bits per heavy atom. The molecule has 4 heteroatoms. The Bertz CT molecular complexity index is 326. The molecule has 4 nitrogen and oxygen atoms in total. The van der Waals surface area contributed by atoms with Crippen molar-refractivity contribution in [3.05, 3.63) is 35.9 Å². The first-order chi connectivity index (χ1) is 7.70. The van der Waals surface area contributed by atoms with Gasteiger partial charge in [0.25, 0.3) is 0 Å². The van der Waals surface area contributed by atoms with Crippen molar-refractivity contribution in [3.63, 3.8) is 0 Å². The normalized spacial score (nSPS) is 12.7. The van der Waals surface area contributed by atoms with Crippen molar-refractivity contribution in [1.82, 2.24) is 4.90 Å². The van der Waals surface area contributed by atoms with E-state index >= 15 is 0 Å². The van der Waals surface area contributed by atoms with Gasteiger partial charge < -0.3 is 10.2 Å². The number of rotatable bonds is 6. The maximum atomic E-state index is 11.3. The fraction of sp³-hybridized carbons (Fsp3) is 0.417. The Morgan fingerprint density at radius 3 is 2.44 bits per heavy atom. The molecule has 0 saturated heterocycles. The molecule has 0 aliphatic heterocycles. The third-order valence-electron chi connectivity index (χ3n) is 2.51. The fourth-order valence-corrected chi connectivity index (χ4v) is 1.74. The zero-order valence-electron chi connectivity index (χ0n) is 9.34. The van der Waals surface area contributed by atoms with Gasteiger partial charge in [-0.2, -0.15) is 0 Å². The van der Waals surface area contributed by atoms with Gasteiger partial charge in [0, 0.05) is 6.54 Å². The lowest BCUT2D eigenvalue weighted by Gasteiger charge is -2.27. The van der Waals surface area contributed by atoms with Crippen LogP contribution in [-0.4, -0.2) is 40.8 Å². The van der Waals surface area contributed by atoms with E-state index < -0.39 is 12.0 Å². The third-order valence-corrected chi connectivity index (χ3v) is 2.51. The van der Waals surface area contributed by atoms with Crippen molar-refractivity contribution >= 4 is 5.97 Å². The zero-order chi connectivity index (χ0) is 12.0. The molecule has 0 radical (unpaired) electrons. The molecule has 0 aliphatic rings. The van der Waals surface area contributed by atoms with Crippen LogP contribution in [0.5, 0.6) is 0 Å². The molecule has 0 saturated carbocycles. The summed E-state index contributed by atoms with van der Waals surface area (Å²) in [5, 5.41) is 18.1. The minimum atomic E-state index is -0.887. The van der Waals surface area contributed by atoms with E-state index in [1.165, 1.54) is 0 Å². The Hall–Kier alpha value is -1.39. The van der Waals surface area contributed by atoms with Crippen molar-refractivity contribution in [2.24, 2.45) is 0 Å². The number of benzene rings is 1. The van der Waals surface area contributed by atoms with Crippen LogP contribution in [0, 0.1) is 0 Å². The summed E-state index contributed by atoms with van der Waals surface area (Å²) < 4.78 is 0. The summed E-state index contributed by atoms with van der Waals surface area (Å²) in [5.74, 6) is -0.887. The number of hydrogen-bond donors (Lipinski definition) is 2. The van der Waals surface area contributed by atoms with Crippen LogP contribution in [0.25, 0.3) is 0 Å². The van der Waals surface area contributed by atoms with Crippen LogP contribution in [0.4, 0.5) is 0 Å². The molecule has 0 fully saturated rings. The number of nitrogens with zero attached hydrogens (tertiary/aromatic N) is 1. The second kappa shape index (κ2) is 6.25. The van der Waals surface area contributed by atoms with Crippen molar-refractivity contribution < 1.29 is 15.0 Å². The van der Waals surface area contributed by atoms with Gasteiger partial charge in [0.05, 0.1) is 6.61 Å². The highest BCUT2D eigenvalue weighted by atomic mass is 16.4. The summed E-state index contributed by atoms with van der Waals surface area (Å²) in [5.41, 5.74) is 0.741. The van der Waals surface area contributed by atoms with Crippen molar-refractivity contribution in [2.75, 3.05) is 19.7 Å². The van der Waals surface area contributed by atoms with Crippen LogP contribution in [0.1, 0.15) is 18.5 Å². The van der Waals surface area contributed by atoms with Gasteiger partial charge in [-0.05, 0) is 12.1 Å². The van der Waals surface area contributed by atoms with E-state index in [9.17, 15) is 9.90 Å². The Morgan fingerprint density at radius 1 is 1.38 bits per heavy atom. The Balaban J connectivity index is 2.94. The predicted molar refractivity (Wildman–Crippen MR) is 61.2 cm³/mol. The molecule has 0 aliphatic carbocycles. The number of carboxylic acid groups (broad SMARTS) is 1. The summed E-state index contributed by atoms with van der Waals surface area (Å²) in [4.78, 5) is 13.0. The second-order valence-electron chi connectivity index (χ2n) is 3.50. The van der Waals surface area contributed by atoms with Crippen LogP contribution in [0.3, 0.4) is 0 Å². The smallest absolute Gasteiger partial charge is 0.325 e. The SMILES string of the molecule is CCN(CCO)C(C(=O)O)c1ccccc1. The van der Waals surface area contributed by atoms with Gasteiger partial charge in [-0.25, -0.2) is 0 Å². The highest BCUT2D eigenvalue weighted by Gasteiger charge is 2.25. The van der Waals surface area contributed by atoms with Crippen molar-refractivity contribution in [1.29, 1.82) is 0 Å². The maximum Gasteiger partial charge on any atom is 0.325 e. The summed E-state index contributed by atoms with van der Waals surface area (Å²) in [6.07, 6.45) is 0. The second-order valence-corrected chi connectivity index (χ2v) is 3.50. The van der Waals surface area contributed by atoms with Crippen LogP contribution in [0.2, 0.25) is 0 Å². The number of aliphatic carboxylic acids is 1. The van der Waals surface area contributed by atoms with Crippen LogP contribution >= 0.6 is 0 Å². The van der Waals surface area contributed by atoms with E-state index in [0.717, 1.165) is 5.56 Å². The number of likely N-dealkylation sites (N-methyl/N-ethyl adjacent to an activating group) is 1. The highest BCUT2D eigenvalue weighted by Crippen LogP contribution is 2.20. The highest BCUT2D eigenvalue weighted by molar-refractivity contribution is 5.75. The lowest BCUT2D eigenvalue weighted by atomic mass is 10.1. The van der Waals surface area contributed by atoms with Gasteiger partial charge in [0.1, 0.15) is 6.04 Å². The molecule has 0 heterocycles. The number of aliphatic hydroxyl groups excluding tert-OH is 1. The minimum Gasteiger partial charge on any atom is -0.480 e. The first kappa shape index (κ1) is 12.7. The lowest BCUT2D eigenvalue weighted by molar-refractivity contribution is -0.143. The van der Waals surface area contributed by atoms with E-state index in [1.54, 1.807) is 17.0 Å². The van der Waals surface area contributed by atoms with Crippen molar-refractivity contribution in [2.45, 2.75) is 13.0 Å². The van der Waals surface area contributed by atoms with E-state index in [4.69, 9.17) is 5.11 Å². The Kier molecular flexibility index (Phi) is 4.95. The molecular weight excluding hydrogens is 206 g/mol. The molecule has 0 amide bonds. The molecule has 1 atom stereocenters. The van der Waals surface area contributed by atoms with Crippen LogP contribution in [0.15, 0.2) is 30.3 Å². The third kappa shape index (κ3) is 3.05. The molecule has 1 aromatic rings. The van der Waals surface area contributed by atoms with E-state index in [0.29, 0.717) is 13.1 Å². The maximum absolute atomic E-state index is 11.3. The average molecular weight is 223 g/mol. The van der Waals surface area contributed by atoms with Gasteiger partial charge in [-0.15, -0.1) is 0 Å². The summed E-state index contributed by atoms with van der Waals surface area (Å²) in [7, 11) is 0. The molecule has 1 unspecified atom stereocenters. The largest absolute Gasteiger partial charge is 0.480 e. The number of carboxylic acids is 1. The van der Waals surface area contributed by atoms with E-state index in [1.807, 2.05) is 25.1 Å². The molecule has 0 spiro atoms. The van der Waals surface area contributed by atoms with Gasteiger partial charge in [-0.3, -0.25) is 9.69 Å². The molecule has 1 aromatic carbocycles. The standard InChI is InChI=1S/C12H17NO3/c1-2-13(8-9-14)11(12(15)16)10-6-4-3-5-7-10/h3-7,11,14H,2,8-9H2,1H3,(H,15,16). The molecule has 16 heavy (non-hydrogen) atoms. The summed E-state index contributed by atoms with van der Waals surface area (Å²) >= 11 is 0. The zero-order valence-corrected chi connectivity index (χ0v) is 9.34. The summed E-state index contributed by atoms with van der Waals surface area (Å²) in [6, 6.07) is 8.39. The average Bonchev–Trinajstić information content (AvgIpc) is 2.29. The topological polar surface area (TPSA) is 60.8 Å². The van der Waals surface area contributed by atoms with Gasteiger partial charge in [0.2, 0.25) is 0 Å². The molecule has 0 aromatic heterocycles. The van der Waals surface area contributed by atoms with Crippen LogP contribution < -0.4 is 0 Å². The number of aliphatic hydroxyl groups is 1. The first-order valence-electron chi connectivity index (χ1n) is 5.33. The molecular formula is C12H17NO3. The number of carbonyl (C=O) groups is 1. The van der Waals surface area contributed by atoms with E-state index in [-0.39, 0.29) is 6.61 Å². The van der Waals surface area contributed by atoms with E-state index in [2.05, 4.69) is 0 Å². The summed E-state index contributed by atoms with van der Waals surface area (Å²) in [6.45, 7) is 2.80. The van der Waals surface area contributed by atoms with Gasteiger partial charge >= 0.3 is 5.97 Å².